The van der Waals surface area contributed by atoms with E-state index >= 15 is 0 Å². The van der Waals surface area contributed by atoms with Gasteiger partial charge in [0.05, 0.1) is 0 Å². The zero-order valence-electron chi connectivity index (χ0n) is 17.8. The SMILES string of the molecule is Cc1cc(C)cc(Nc2nccnc2Nc2cccc(-c3c(C)cccc3C)c2)c1. The highest BCUT2D eigenvalue weighted by molar-refractivity contribution is 5.77. The minimum absolute atomic E-state index is 0.690. The summed E-state index contributed by atoms with van der Waals surface area (Å²) in [4.78, 5) is 9.02. The van der Waals surface area contributed by atoms with Crippen molar-refractivity contribution in [3.8, 4) is 11.1 Å². The van der Waals surface area contributed by atoms with Crippen LogP contribution in [0.5, 0.6) is 0 Å². The smallest absolute Gasteiger partial charge is 0.173 e. The maximum atomic E-state index is 4.52. The molecule has 0 saturated carbocycles. The van der Waals surface area contributed by atoms with Crippen LogP contribution in [0.1, 0.15) is 22.3 Å². The molecule has 0 amide bonds. The first-order valence-electron chi connectivity index (χ1n) is 10.1. The summed E-state index contributed by atoms with van der Waals surface area (Å²) in [7, 11) is 0. The molecule has 0 aliphatic heterocycles. The molecule has 1 aromatic heterocycles. The molecule has 0 aliphatic carbocycles. The first kappa shape index (κ1) is 19.6. The molecule has 0 radical (unpaired) electrons. The minimum atomic E-state index is 0.690. The number of benzene rings is 3. The molecule has 2 N–H and O–H groups in total. The van der Waals surface area contributed by atoms with Crippen LogP contribution in [0.2, 0.25) is 0 Å². The highest BCUT2D eigenvalue weighted by atomic mass is 15.1. The average Bonchev–Trinajstić information content (AvgIpc) is 2.69. The molecular weight excluding hydrogens is 368 g/mol. The molecular formula is C26H26N4. The first-order chi connectivity index (χ1) is 14.5. The molecule has 1 heterocycles. The van der Waals surface area contributed by atoms with Crippen molar-refractivity contribution in [2.75, 3.05) is 10.6 Å². The summed E-state index contributed by atoms with van der Waals surface area (Å²) in [5.74, 6) is 1.38. The number of aromatic nitrogens is 2. The monoisotopic (exact) mass is 394 g/mol. The quantitative estimate of drug-likeness (QED) is 0.388. The molecule has 0 unspecified atom stereocenters. The van der Waals surface area contributed by atoms with E-state index in [1.54, 1.807) is 12.4 Å². The van der Waals surface area contributed by atoms with Gasteiger partial charge in [-0.1, -0.05) is 36.4 Å². The van der Waals surface area contributed by atoms with Gasteiger partial charge >= 0.3 is 0 Å². The number of hydrogen-bond acceptors (Lipinski definition) is 4. The van der Waals surface area contributed by atoms with Gasteiger partial charge in [0.15, 0.2) is 11.6 Å². The maximum absolute atomic E-state index is 4.52. The van der Waals surface area contributed by atoms with E-state index in [0.717, 1.165) is 11.4 Å². The Morgan fingerprint density at radius 2 is 1.17 bits per heavy atom. The molecule has 3 aromatic carbocycles. The molecule has 0 atom stereocenters. The number of rotatable bonds is 5. The van der Waals surface area contributed by atoms with Crippen molar-refractivity contribution in [2.45, 2.75) is 27.7 Å². The second kappa shape index (κ2) is 8.37. The van der Waals surface area contributed by atoms with Crippen LogP contribution in [-0.2, 0) is 0 Å². The summed E-state index contributed by atoms with van der Waals surface area (Å²) in [5.41, 5.74) is 9.37. The summed E-state index contributed by atoms with van der Waals surface area (Å²) >= 11 is 0. The third-order valence-electron chi connectivity index (χ3n) is 5.08. The number of anilines is 4. The number of hydrogen-bond donors (Lipinski definition) is 2. The van der Waals surface area contributed by atoms with Crippen molar-refractivity contribution < 1.29 is 0 Å². The highest BCUT2D eigenvalue weighted by Gasteiger charge is 2.09. The molecule has 0 aliphatic rings. The van der Waals surface area contributed by atoms with Gasteiger partial charge in [0.2, 0.25) is 0 Å². The number of nitrogens with one attached hydrogen (secondary N) is 2. The van der Waals surface area contributed by atoms with E-state index < -0.39 is 0 Å². The van der Waals surface area contributed by atoms with Crippen LogP contribution >= 0.6 is 0 Å². The Hall–Kier alpha value is -3.66. The van der Waals surface area contributed by atoms with Gasteiger partial charge in [-0.2, -0.15) is 0 Å². The lowest BCUT2D eigenvalue weighted by atomic mass is 9.95. The fourth-order valence-corrected chi connectivity index (χ4v) is 3.86. The number of aryl methyl sites for hydroxylation is 4. The summed E-state index contributed by atoms with van der Waals surface area (Å²) in [6, 6.07) is 21.2. The molecule has 30 heavy (non-hydrogen) atoms. The van der Waals surface area contributed by atoms with Gasteiger partial charge in [-0.15, -0.1) is 0 Å². The summed E-state index contributed by atoms with van der Waals surface area (Å²) in [5, 5.41) is 6.84. The zero-order valence-corrected chi connectivity index (χ0v) is 17.8. The largest absolute Gasteiger partial charge is 0.337 e. The van der Waals surface area contributed by atoms with Crippen molar-refractivity contribution in [1.82, 2.24) is 9.97 Å². The zero-order chi connectivity index (χ0) is 21.1. The Balaban J connectivity index is 1.64. The van der Waals surface area contributed by atoms with Crippen molar-refractivity contribution >= 4 is 23.0 Å². The molecule has 0 fully saturated rings. The minimum Gasteiger partial charge on any atom is -0.337 e. The van der Waals surface area contributed by atoms with E-state index in [9.17, 15) is 0 Å². The lowest BCUT2D eigenvalue weighted by Gasteiger charge is -2.14. The molecule has 4 nitrogen and oxygen atoms in total. The Kier molecular flexibility index (Phi) is 5.48. The van der Waals surface area contributed by atoms with Crippen molar-refractivity contribution in [3.05, 3.63) is 95.3 Å². The van der Waals surface area contributed by atoms with Crippen molar-refractivity contribution in [1.29, 1.82) is 0 Å². The summed E-state index contributed by atoms with van der Waals surface area (Å²) in [6.45, 7) is 8.48. The van der Waals surface area contributed by atoms with Crippen LogP contribution in [0.3, 0.4) is 0 Å². The van der Waals surface area contributed by atoms with Gasteiger partial charge < -0.3 is 10.6 Å². The van der Waals surface area contributed by atoms with Gasteiger partial charge in [0, 0.05) is 23.8 Å². The van der Waals surface area contributed by atoms with Crippen LogP contribution in [0.25, 0.3) is 11.1 Å². The second-order valence-electron chi connectivity index (χ2n) is 7.73. The lowest BCUT2D eigenvalue weighted by Crippen LogP contribution is -2.02. The average molecular weight is 395 g/mol. The van der Waals surface area contributed by atoms with E-state index in [0.29, 0.717) is 11.6 Å². The summed E-state index contributed by atoms with van der Waals surface area (Å²) < 4.78 is 0. The van der Waals surface area contributed by atoms with E-state index in [2.05, 4.69) is 103 Å². The van der Waals surface area contributed by atoms with E-state index in [1.165, 1.54) is 33.4 Å². The standard InChI is InChI=1S/C26H26N4/c1-17-13-18(2)15-23(14-17)30-26-25(27-11-12-28-26)29-22-10-6-9-21(16-22)24-19(3)7-5-8-20(24)4/h5-16H,1-4H3,(H,27,29)(H,28,30). The fraction of sp³-hybridized carbons (Fsp3) is 0.154. The third kappa shape index (κ3) is 4.33. The Labute approximate surface area is 178 Å². The molecule has 4 heteroatoms. The normalized spacial score (nSPS) is 10.7. The Bertz CT molecular complexity index is 1160. The van der Waals surface area contributed by atoms with E-state index in [1.807, 2.05) is 6.07 Å². The number of nitrogens with zero attached hydrogens (tertiary/aromatic N) is 2. The lowest BCUT2D eigenvalue weighted by molar-refractivity contribution is 1.19. The molecule has 0 saturated heterocycles. The van der Waals surface area contributed by atoms with Crippen molar-refractivity contribution in [2.24, 2.45) is 0 Å². The van der Waals surface area contributed by atoms with E-state index in [-0.39, 0.29) is 0 Å². The van der Waals surface area contributed by atoms with Crippen LogP contribution in [0.15, 0.2) is 73.1 Å². The van der Waals surface area contributed by atoms with Crippen LogP contribution in [0, 0.1) is 27.7 Å². The van der Waals surface area contributed by atoms with Crippen LogP contribution < -0.4 is 10.6 Å². The van der Waals surface area contributed by atoms with Gasteiger partial charge in [-0.3, -0.25) is 0 Å². The highest BCUT2D eigenvalue weighted by Crippen LogP contribution is 2.31. The fourth-order valence-electron chi connectivity index (χ4n) is 3.86. The van der Waals surface area contributed by atoms with Crippen LogP contribution in [0.4, 0.5) is 23.0 Å². The van der Waals surface area contributed by atoms with Crippen molar-refractivity contribution in [3.63, 3.8) is 0 Å². The molecule has 0 spiro atoms. The first-order valence-corrected chi connectivity index (χ1v) is 10.1. The Morgan fingerprint density at radius 3 is 1.80 bits per heavy atom. The predicted octanol–water partition coefficient (Wildman–Crippen LogP) is 6.86. The third-order valence-corrected chi connectivity index (χ3v) is 5.08. The van der Waals surface area contributed by atoms with Gasteiger partial charge in [-0.25, -0.2) is 9.97 Å². The Morgan fingerprint density at radius 1 is 0.600 bits per heavy atom. The topological polar surface area (TPSA) is 49.8 Å². The molecule has 4 rings (SSSR count). The predicted molar refractivity (Wildman–Crippen MR) is 126 cm³/mol. The summed E-state index contributed by atoms with van der Waals surface area (Å²) in [6.07, 6.45) is 3.40. The van der Waals surface area contributed by atoms with Gasteiger partial charge in [0.25, 0.3) is 0 Å². The van der Waals surface area contributed by atoms with Crippen LogP contribution in [-0.4, -0.2) is 9.97 Å². The molecule has 150 valence electrons. The van der Waals surface area contributed by atoms with Gasteiger partial charge in [0.1, 0.15) is 0 Å². The maximum Gasteiger partial charge on any atom is 0.173 e. The molecule has 4 aromatic rings. The second-order valence-corrected chi connectivity index (χ2v) is 7.73. The van der Waals surface area contributed by atoms with Gasteiger partial charge in [-0.05, 0) is 85.3 Å². The molecule has 0 bridgehead atoms. The van der Waals surface area contributed by atoms with E-state index in [4.69, 9.17) is 0 Å².